The molecule has 0 aromatic heterocycles. The van der Waals surface area contributed by atoms with E-state index in [2.05, 4.69) is 5.92 Å². The Balaban J connectivity index is 3.32. The lowest BCUT2D eigenvalue weighted by molar-refractivity contribution is -0.384. The van der Waals surface area contributed by atoms with Crippen LogP contribution in [0.5, 0.6) is 0 Å². The highest BCUT2D eigenvalue weighted by Crippen LogP contribution is 2.24. The van der Waals surface area contributed by atoms with Crippen LogP contribution < -0.4 is 11.5 Å². The number of hydrogen-bond acceptors (Lipinski definition) is 4. The third-order valence-electron chi connectivity index (χ3n) is 1.63. The number of nitro groups is 1. The summed E-state index contributed by atoms with van der Waals surface area (Å²) in [4.78, 5) is 20.1. The molecular formula is C9H6FN3O3. The highest BCUT2D eigenvalue weighted by atomic mass is 19.1. The van der Waals surface area contributed by atoms with Crippen molar-refractivity contribution in [3.8, 4) is 11.8 Å². The van der Waals surface area contributed by atoms with E-state index in [0.29, 0.717) is 0 Å². The lowest BCUT2D eigenvalue weighted by Gasteiger charge is -1.99. The zero-order valence-electron chi connectivity index (χ0n) is 7.86. The van der Waals surface area contributed by atoms with Gasteiger partial charge in [0.2, 0.25) is 0 Å². The van der Waals surface area contributed by atoms with E-state index < -0.39 is 22.3 Å². The Bertz CT molecular complexity index is 531. The van der Waals surface area contributed by atoms with Gasteiger partial charge in [-0.2, -0.15) is 0 Å². The highest BCUT2D eigenvalue weighted by molar-refractivity contribution is 5.92. The molecule has 1 aromatic rings. The second-order valence-corrected chi connectivity index (χ2v) is 2.76. The van der Waals surface area contributed by atoms with Crippen LogP contribution in [0.2, 0.25) is 0 Å². The van der Waals surface area contributed by atoms with Crippen LogP contribution >= 0.6 is 0 Å². The third-order valence-corrected chi connectivity index (χ3v) is 1.63. The molecule has 1 aromatic carbocycles. The van der Waals surface area contributed by atoms with Gasteiger partial charge in [0.25, 0.3) is 11.6 Å². The standard InChI is InChI=1S/C9H6FN3O3/c10-6-4-7(11)8(13(15)16)3-5(6)1-2-9(12)14/h3-4H,11H2,(H2,12,14). The van der Waals surface area contributed by atoms with Gasteiger partial charge in [-0.25, -0.2) is 4.39 Å². The predicted octanol–water partition coefficient (Wildman–Crippen LogP) is 0.153. The Labute approximate surface area is 89.2 Å². The second kappa shape index (κ2) is 4.27. The normalized spacial score (nSPS) is 9.06. The zero-order valence-corrected chi connectivity index (χ0v) is 7.86. The van der Waals surface area contributed by atoms with Crippen LogP contribution in [0.4, 0.5) is 15.8 Å². The number of primary amides is 1. The molecule has 0 spiro atoms. The number of benzene rings is 1. The van der Waals surface area contributed by atoms with Crippen molar-refractivity contribution in [2.24, 2.45) is 5.73 Å². The number of halogens is 1. The van der Waals surface area contributed by atoms with Gasteiger partial charge in [0, 0.05) is 18.1 Å². The minimum absolute atomic E-state index is 0.306. The van der Waals surface area contributed by atoms with Gasteiger partial charge in [-0.3, -0.25) is 14.9 Å². The summed E-state index contributed by atoms with van der Waals surface area (Å²) < 4.78 is 13.2. The number of hydrogen-bond donors (Lipinski definition) is 2. The Kier molecular flexibility index (Phi) is 3.06. The van der Waals surface area contributed by atoms with Gasteiger partial charge in [-0.15, -0.1) is 0 Å². The number of anilines is 1. The van der Waals surface area contributed by atoms with Gasteiger partial charge < -0.3 is 11.5 Å². The lowest BCUT2D eigenvalue weighted by Crippen LogP contribution is -2.06. The van der Waals surface area contributed by atoms with Crippen LogP contribution in [-0.2, 0) is 4.79 Å². The minimum atomic E-state index is -0.959. The van der Waals surface area contributed by atoms with E-state index in [-0.39, 0.29) is 11.3 Å². The first-order chi connectivity index (χ1) is 7.41. The maximum Gasteiger partial charge on any atom is 0.293 e. The van der Waals surface area contributed by atoms with Crippen LogP contribution in [0.3, 0.4) is 0 Å². The van der Waals surface area contributed by atoms with Gasteiger partial charge in [-0.1, -0.05) is 5.92 Å². The Morgan fingerprint density at radius 1 is 1.50 bits per heavy atom. The van der Waals surface area contributed by atoms with E-state index in [1.807, 2.05) is 5.92 Å². The molecule has 1 rings (SSSR count). The number of nitro benzene ring substituents is 1. The molecule has 0 aliphatic heterocycles. The maximum absolute atomic E-state index is 13.2. The molecule has 0 bridgehead atoms. The van der Waals surface area contributed by atoms with Crippen molar-refractivity contribution in [1.29, 1.82) is 0 Å². The Morgan fingerprint density at radius 2 is 2.12 bits per heavy atom. The number of rotatable bonds is 1. The number of nitrogen functional groups attached to an aromatic ring is 1. The van der Waals surface area contributed by atoms with Crippen molar-refractivity contribution >= 4 is 17.3 Å². The highest BCUT2D eigenvalue weighted by Gasteiger charge is 2.15. The van der Waals surface area contributed by atoms with Crippen LogP contribution in [0.15, 0.2) is 12.1 Å². The van der Waals surface area contributed by atoms with Crippen molar-refractivity contribution in [1.82, 2.24) is 0 Å². The van der Waals surface area contributed by atoms with Crippen LogP contribution in [0, 0.1) is 27.8 Å². The number of carbonyl (C=O) groups is 1. The lowest BCUT2D eigenvalue weighted by atomic mass is 10.1. The Hall–Kier alpha value is -2.62. The zero-order chi connectivity index (χ0) is 12.3. The van der Waals surface area contributed by atoms with Crippen LogP contribution in [0.25, 0.3) is 0 Å². The largest absolute Gasteiger partial charge is 0.393 e. The first kappa shape index (κ1) is 11.5. The second-order valence-electron chi connectivity index (χ2n) is 2.76. The number of nitrogens with two attached hydrogens (primary N) is 2. The molecule has 0 heterocycles. The number of amides is 1. The summed E-state index contributed by atoms with van der Waals surface area (Å²) in [5.41, 5.74) is 8.85. The molecule has 82 valence electrons. The van der Waals surface area contributed by atoms with Crippen molar-refractivity contribution in [2.75, 3.05) is 5.73 Å². The van der Waals surface area contributed by atoms with Crippen LogP contribution in [-0.4, -0.2) is 10.8 Å². The quantitative estimate of drug-likeness (QED) is 0.305. The summed E-state index contributed by atoms with van der Waals surface area (Å²) in [6.07, 6.45) is 0. The summed E-state index contributed by atoms with van der Waals surface area (Å²) in [6, 6.07) is 1.61. The molecule has 0 saturated heterocycles. The summed E-state index contributed by atoms with van der Waals surface area (Å²) in [7, 11) is 0. The average Bonchev–Trinajstić information content (AvgIpc) is 2.15. The topological polar surface area (TPSA) is 112 Å². The van der Waals surface area contributed by atoms with Crippen LogP contribution in [0.1, 0.15) is 5.56 Å². The van der Waals surface area contributed by atoms with Crippen molar-refractivity contribution < 1.29 is 14.1 Å². The van der Waals surface area contributed by atoms with E-state index in [1.165, 1.54) is 0 Å². The molecule has 0 aliphatic carbocycles. The summed E-state index contributed by atoms with van der Waals surface area (Å²) >= 11 is 0. The summed E-state index contributed by atoms with van der Waals surface area (Å²) in [5.74, 6) is 2.14. The summed E-state index contributed by atoms with van der Waals surface area (Å²) in [6.45, 7) is 0. The van der Waals surface area contributed by atoms with E-state index in [9.17, 15) is 19.3 Å². The molecule has 1 amide bonds. The number of nitrogens with zero attached hydrogens (tertiary/aromatic N) is 1. The van der Waals surface area contributed by atoms with Crippen molar-refractivity contribution in [2.45, 2.75) is 0 Å². The van der Waals surface area contributed by atoms with Crippen molar-refractivity contribution in [3.05, 3.63) is 33.6 Å². The molecule has 0 atom stereocenters. The van der Waals surface area contributed by atoms with Gasteiger partial charge in [0.1, 0.15) is 11.5 Å². The van der Waals surface area contributed by atoms with Crippen molar-refractivity contribution in [3.63, 3.8) is 0 Å². The molecule has 0 unspecified atom stereocenters. The molecule has 7 heteroatoms. The van der Waals surface area contributed by atoms with Gasteiger partial charge in [0.05, 0.1) is 10.5 Å². The monoisotopic (exact) mass is 223 g/mol. The van der Waals surface area contributed by atoms with Gasteiger partial charge in [0.15, 0.2) is 0 Å². The molecular weight excluding hydrogens is 217 g/mol. The fourth-order valence-electron chi connectivity index (χ4n) is 0.960. The van der Waals surface area contributed by atoms with Gasteiger partial charge in [-0.05, 0) is 0 Å². The van der Waals surface area contributed by atoms with E-state index >= 15 is 0 Å². The molecule has 0 aliphatic rings. The molecule has 0 fully saturated rings. The smallest absolute Gasteiger partial charge is 0.293 e. The summed E-state index contributed by atoms with van der Waals surface area (Å²) in [5, 5.41) is 10.5. The molecule has 16 heavy (non-hydrogen) atoms. The number of carbonyl (C=O) groups excluding carboxylic acids is 1. The van der Waals surface area contributed by atoms with E-state index in [0.717, 1.165) is 12.1 Å². The molecule has 0 saturated carbocycles. The SMILES string of the molecule is NC(=O)C#Cc1cc([N+](=O)[O-])c(N)cc1F. The molecule has 6 nitrogen and oxygen atoms in total. The third kappa shape index (κ3) is 2.45. The fraction of sp³-hybridized carbons (Fsp3) is 0. The predicted molar refractivity (Wildman–Crippen MR) is 53.5 cm³/mol. The first-order valence-corrected chi connectivity index (χ1v) is 3.96. The molecule has 0 radical (unpaired) electrons. The van der Waals surface area contributed by atoms with Gasteiger partial charge >= 0.3 is 0 Å². The first-order valence-electron chi connectivity index (χ1n) is 3.96. The fourth-order valence-corrected chi connectivity index (χ4v) is 0.960. The molecule has 4 N–H and O–H groups in total. The minimum Gasteiger partial charge on any atom is -0.393 e. The average molecular weight is 223 g/mol. The van der Waals surface area contributed by atoms with E-state index in [1.54, 1.807) is 0 Å². The maximum atomic E-state index is 13.2. The Morgan fingerprint density at radius 3 is 2.62 bits per heavy atom. The van der Waals surface area contributed by atoms with E-state index in [4.69, 9.17) is 11.5 Å².